The van der Waals surface area contributed by atoms with Gasteiger partial charge in [0.1, 0.15) is 5.75 Å². The molecule has 0 spiro atoms. The topological polar surface area (TPSA) is 90.6 Å². The van der Waals surface area contributed by atoms with Gasteiger partial charge in [-0.2, -0.15) is 0 Å². The molecule has 6 heteroatoms. The summed E-state index contributed by atoms with van der Waals surface area (Å²) >= 11 is 0. The molecule has 1 rings (SSSR count). The fourth-order valence-electron chi connectivity index (χ4n) is 1.50. The normalized spacial score (nSPS) is 9.90. The molecule has 0 aliphatic rings. The lowest BCUT2D eigenvalue weighted by Gasteiger charge is -2.08. The van der Waals surface area contributed by atoms with Crippen LogP contribution in [0.3, 0.4) is 0 Å². The summed E-state index contributed by atoms with van der Waals surface area (Å²) in [6.45, 7) is 0.784. The van der Waals surface area contributed by atoms with Crippen LogP contribution in [0.25, 0.3) is 0 Å². The van der Waals surface area contributed by atoms with E-state index < -0.39 is 5.97 Å². The highest BCUT2D eigenvalue weighted by Gasteiger charge is 2.04. The van der Waals surface area contributed by atoms with Gasteiger partial charge in [0.2, 0.25) is 5.91 Å². The molecule has 0 aliphatic heterocycles. The van der Waals surface area contributed by atoms with E-state index in [1.807, 2.05) is 6.07 Å². The summed E-state index contributed by atoms with van der Waals surface area (Å²) in [7, 11) is 1.30. The number of esters is 1. The number of hydrogen-bond acceptors (Lipinski definition) is 5. The lowest BCUT2D eigenvalue weighted by molar-refractivity contribution is -0.142. The molecule has 0 radical (unpaired) electrons. The van der Waals surface area contributed by atoms with E-state index in [0.29, 0.717) is 31.7 Å². The average molecular weight is 280 g/mol. The first-order valence-corrected chi connectivity index (χ1v) is 6.41. The Morgan fingerprint density at radius 1 is 1.35 bits per heavy atom. The quantitative estimate of drug-likeness (QED) is 0.680. The first kappa shape index (κ1) is 16.0. The van der Waals surface area contributed by atoms with E-state index in [2.05, 4.69) is 10.1 Å². The molecule has 0 aromatic heterocycles. The second kappa shape index (κ2) is 8.92. The number of amides is 1. The molecular formula is C14H20N2O4. The fraction of sp³-hybridized carbons (Fsp3) is 0.429. The predicted molar refractivity (Wildman–Crippen MR) is 74.1 cm³/mol. The molecule has 0 heterocycles. The van der Waals surface area contributed by atoms with Gasteiger partial charge in [-0.05, 0) is 30.7 Å². The summed E-state index contributed by atoms with van der Waals surface area (Å²) in [6.07, 6.45) is 1.10. The molecule has 110 valence electrons. The number of nitrogens with two attached hydrogens (primary N) is 1. The monoisotopic (exact) mass is 280 g/mol. The number of hydrogen-bond donors (Lipinski definition) is 2. The van der Waals surface area contributed by atoms with Crippen molar-refractivity contribution in [2.45, 2.75) is 19.4 Å². The SMILES string of the molecule is COC(=O)COc1cccc(CNC(=O)CCCN)c1. The van der Waals surface area contributed by atoms with Gasteiger partial charge >= 0.3 is 5.97 Å². The van der Waals surface area contributed by atoms with Crippen LogP contribution in [0, 0.1) is 0 Å². The number of nitrogens with one attached hydrogen (secondary N) is 1. The standard InChI is InChI=1S/C14H20N2O4/c1-19-14(18)10-20-12-5-2-4-11(8-12)9-16-13(17)6-3-7-15/h2,4-5,8H,3,6-7,9-10,15H2,1H3,(H,16,17). The molecule has 0 atom stereocenters. The molecule has 1 amide bonds. The van der Waals surface area contributed by atoms with Gasteiger partial charge in [0, 0.05) is 13.0 Å². The Bertz CT molecular complexity index is 449. The molecular weight excluding hydrogens is 260 g/mol. The van der Waals surface area contributed by atoms with Gasteiger partial charge in [-0.1, -0.05) is 12.1 Å². The molecule has 0 saturated carbocycles. The highest BCUT2D eigenvalue weighted by Crippen LogP contribution is 2.13. The van der Waals surface area contributed by atoms with Crippen molar-refractivity contribution >= 4 is 11.9 Å². The molecule has 0 aliphatic carbocycles. The predicted octanol–water partition coefficient (Wildman–Crippen LogP) is 0.593. The largest absolute Gasteiger partial charge is 0.482 e. The van der Waals surface area contributed by atoms with E-state index in [-0.39, 0.29) is 12.5 Å². The Morgan fingerprint density at radius 2 is 2.15 bits per heavy atom. The van der Waals surface area contributed by atoms with E-state index in [1.54, 1.807) is 18.2 Å². The zero-order valence-corrected chi connectivity index (χ0v) is 11.6. The third-order valence-electron chi connectivity index (χ3n) is 2.58. The minimum Gasteiger partial charge on any atom is -0.482 e. The summed E-state index contributed by atoms with van der Waals surface area (Å²) in [5, 5.41) is 2.80. The Kier molecular flexibility index (Phi) is 7.13. The molecule has 0 unspecified atom stereocenters. The Morgan fingerprint density at radius 3 is 2.85 bits per heavy atom. The van der Waals surface area contributed by atoms with Gasteiger partial charge in [-0.3, -0.25) is 4.79 Å². The summed E-state index contributed by atoms with van der Waals surface area (Å²) < 4.78 is 9.75. The summed E-state index contributed by atoms with van der Waals surface area (Å²) in [5.74, 6) is 0.0888. The van der Waals surface area contributed by atoms with Gasteiger partial charge in [-0.15, -0.1) is 0 Å². The van der Waals surface area contributed by atoms with E-state index in [4.69, 9.17) is 10.5 Å². The maximum absolute atomic E-state index is 11.5. The van der Waals surface area contributed by atoms with E-state index >= 15 is 0 Å². The molecule has 20 heavy (non-hydrogen) atoms. The van der Waals surface area contributed by atoms with Crippen molar-refractivity contribution in [2.75, 3.05) is 20.3 Å². The minimum absolute atomic E-state index is 0.0312. The maximum Gasteiger partial charge on any atom is 0.343 e. The number of rotatable bonds is 8. The molecule has 3 N–H and O–H groups in total. The summed E-state index contributed by atoms with van der Waals surface area (Å²) in [5.41, 5.74) is 6.24. The molecule has 1 aromatic carbocycles. The first-order chi connectivity index (χ1) is 9.65. The van der Waals surface area contributed by atoms with Crippen LogP contribution in [0.4, 0.5) is 0 Å². The number of methoxy groups -OCH3 is 1. The van der Waals surface area contributed by atoms with Crippen LogP contribution in [-0.4, -0.2) is 32.1 Å². The van der Waals surface area contributed by atoms with Crippen molar-refractivity contribution in [1.29, 1.82) is 0 Å². The highest BCUT2D eigenvalue weighted by molar-refractivity contribution is 5.75. The van der Waals surface area contributed by atoms with Crippen LogP contribution in [-0.2, 0) is 20.9 Å². The highest BCUT2D eigenvalue weighted by atomic mass is 16.6. The van der Waals surface area contributed by atoms with Gasteiger partial charge in [0.25, 0.3) is 0 Å². The average Bonchev–Trinajstić information content (AvgIpc) is 2.48. The number of carbonyl (C=O) groups excluding carboxylic acids is 2. The van der Waals surface area contributed by atoms with Gasteiger partial charge in [0.15, 0.2) is 6.61 Å². The lowest BCUT2D eigenvalue weighted by atomic mass is 10.2. The van der Waals surface area contributed by atoms with Crippen molar-refractivity contribution in [3.8, 4) is 5.75 Å². The second-order valence-corrected chi connectivity index (χ2v) is 4.18. The Hall–Kier alpha value is -2.08. The van der Waals surface area contributed by atoms with Crippen LogP contribution < -0.4 is 15.8 Å². The van der Waals surface area contributed by atoms with Gasteiger partial charge in [0.05, 0.1) is 7.11 Å². The number of benzene rings is 1. The molecule has 1 aromatic rings. The second-order valence-electron chi connectivity index (χ2n) is 4.18. The van der Waals surface area contributed by atoms with Crippen LogP contribution in [0.1, 0.15) is 18.4 Å². The van der Waals surface area contributed by atoms with Crippen molar-refractivity contribution in [3.63, 3.8) is 0 Å². The van der Waals surface area contributed by atoms with Crippen molar-refractivity contribution in [3.05, 3.63) is 29.8 Å². The van der Waals surface area contributed by atoms with E-state index in [1.165, 1.54) is 7.11 Å². The third kappa shape index (κ3) is 6.19. The molecule has 0 saturated heterocycles. The van der Waals surface area contributed by atoms with Crippen LogP contribution in [0.5, 0.6) is 5.75 Å². The maximum atomic E-state index is 11.5. The van der Waals surface area contributed by atoms with Crippen molar-refractivity contribution < 1.29 is 19.1 Å². The van der Waals surface area contributed by atoms with Gasteiger partial charge in [-0.25, -0.2) is 4.79 Å². The fourth-order valence-corrected chi connectivity index (χ4v) is 1.50. The minimum atomic E-state index is -0.439. The van der Waals surface area contributed by atoms with E-state index in [9.17, 15) is 9.59 Å². The smallest absolute Gasteiger partial charge is 0.343 e. The van der Waals surface area contributed by atoms with Crippen LogP contribution >= 0.6 is 0 Å². The summed E-state index contributed by atoms with van der Waals surface area (Å²) in [6, 6.07) is 7.18. The van der Waals surface area contributed by atoms with Crippen molar-refractivity contribution in [2.24, 2.45) is 5.73 Å². The van der Waals surface area contributed by atoms with Crippen LogP contribution in [0.2, 0.25) is 0 Å². The molecule has 0 bridgehead atoms. The molecule has 0 fully saturated rings. The van der Waals surface area contributed by atoms with E-state index in [0.717, 1.165) is 5.56 Å². The summed E-state index contributed by atoms with van der Waals surface area (Å²) in [4.78, 5) is 22.4. The third-order valence-corrected chi connectivity index (χ3v) is 2.58. The van der Waals surface area contributed by atoms with Gasteiger partial charge < -0.3 is 20.5 Å². The molecule has 6 nitrogen and oxygen atoms in total. The number of carbonyl (C=O) groups is 2. The van der Waals surface area contributed by atoms with Crippen LogP contribution in [0.15, 0.2) is 24.3 Å². The Labute approximate surface area is 118 Å². The first-order valence-electron chi connectivity index (χ1n) is 6.41. The lowest BCUT2D eigenvalue weighted by Crippen LogP contribution is -2.23. The van der Waals surface area contributed by atoms with Crippen molar-refractivity contribution in [1.82, 2.24) is 5.32 Å². The zero-order chi connectivity index (χ0) is 14.8. The number of ether oxygens (including phenoxy) is 2. The Balaban J connectivity index is 2.43. The zero-order valence-electron chi connectivity index (χ0n) is 11.6.